The number of hydrogen-bond acceptors (Lipinski definition) is 5. The van der Waals surface area contributed by atoms with Crippen molar-refractivity contribution in [3.05, 3.63) is 39.4 Å². The van der Waals surface area contributed by atoms with Gasteiger partial charge in [0.2, 0.25) is 5.43 Å². The maximum atomic E-state index is 15.2. The van der Waals surface area contributed by atoms with E-state index >= 15 is 4.39 Å². The van der Waals surface area contributed by atoms with Crippen LogP contribution in [0, 0.1) is 12.7 Å². The molecule has 1 aliphatic heterocycles. The minimum Gasteiger partial charge on any atom is -0.366 e. The van der Waals surface area contributed by atoms with Crippen molar-refractivity contribution in [1.82, 2.24) is 9.88 Å². The van der Waals surface area contributed by atoms with E-state index in [-0.39, 0.29) is 23.0 Å². The number of nitrogens with one attached hydrogen (secondary N) is 1. The van der Waals surface area contributed by atoms with Gasteiger partial charge in [-0.25, -0.2) is 14.1 Å². The molecule has 27 heavy (non-hydrogen) atoms. The molecule has 1 saturated carbocycles. The topological polar surface area (TPSA) is 63.6 Å². The van der Waals surface area contributed by atoms with Gasteiger partial charge in [0.25, 0.3) is 0 Å². The molecule has 0 spiro atoms. The number of fused-ring (bicyclic) bond motifs is 1. The first kappa shape index (κ1) is 17.9. The fraction of sp³-hybridized carbons (Fsp3) is 0.474. The Morgan fingerprint density at radius 2 is 2.11 bits per heavy atom. The van der Waals surface area contributed by atoms with Gasteiger partial charge in [-0.1, -0.05) is 0 Å². The molecule has 1 aliphatic carbocycles. The molecule has 0 bridgehead atoms. The highest BCUT2D eigenvalue weighted by molar-refractivity contribution is 5.95. The molecule has 8 heteroatoms. The smallest absolute Gasteiger partial charge is 0.366 e. The van der Waals surface area contributed by atoms with Gasteiger partial charge in [0.15, 0.2) is 0 Å². The Balaban J connectivity index is 1.98. The molecule has 2 aliphatic rings. The van der Waals surface area contributed by atoms with Crippen LogP contribution in [0.25, 0.3) is 10.9 Å². The number of nitrogens with zero attached hydrogens (tertiary/aromatic N) is 2. The first-order valence-corrected chi connectivity index (χ1v) is 9.11. The summed E-state index contributed by atoms with van der Waals surface area (Å²) in [7, 11) is 0. The number of piperazine rings is 1. The Bertz CT molecular complexity index is 985. The Hall–Kier alpha value is -2.48. The van der Waals surface area contributed by atoms with Crippen LogP contribution in [-0.2, 0) is 4.94 Å². The summed E-state index contributed by atoms with van der Waals surface area (Å²) >= 11 is 0. The number of benzene rings is 1. The van der Waals surface area contributed by atoms with E-state index < -0.39 is 22.8 Å². The van der Waals surface area contributed by atoms with Crippen molar-refractivity contribution in [2.75, 3.05) is 24.5 Å². The minimum absolute atomic E-state index is 0.106. The zero-order valence-corrected chi connectivity index (χ0v) is 15.2. The van der Waals surface area contributed by atoms with Crippen LogP contribution in [0.1, 0.15) is 41.7 Å². The molecule has 1 saturated heterocycles. The van der Waals surface area contributed by atoms with Crippen molar-refractivity contribution in [3.63, 3.8) is 0 Å². The van der Waals surface area contributed by atoms with Crippen molar-refractivity contribution < 1.29 is 18.7 Å². The van der Waals surface area contributed by atoms with E-state index in [1.54, 1.807) is 10.6 Å². The average Bonchev–Trinajstić information content (AvgIpc) is 3.49. The Labute approximate surface area is 154 Å². The quantitative estimate of drug-likeness (QED) is 0.891. The number of carbonyl (C=O) groups excluding carboxylic acids is 1. The maximum absolute atomic E-state index is 15.2. The second kappa shape index (κ2) is 6.60. The second-order valence-electron chi connectivity index (χ2n) is 7.40. The van der Waals surface area contributed by atoms with Crippen LogP contribution in [0.4, 0.5) is 14.6 Å². The number of anilines is 1. The maximum Gasteiger partial charge on any atom is 0.384 e. The van der Waals surface area contributed by atoms with Crippen molar-refractivity contribution in [2.24, 2.45) is 0 Å². The first-order valence-electron chi connectivity index (χ1n) is 9.11. The van der Waals surface area contributed by atoms with Crippen LogP contribution >= 0.6 is 0 Å². The minimum atomic E-state index is -1.35. The van der Waals surface area contributed by atoms with Crippen molar-refractivity contribution >= 4 is 22.6 Å². The highest BCUT2D eigenvalue weighted by atomic mass is 19.3. The molecule has 1 N–H and O–H groups in total. The molecule has 1 unspecified atom stereocenters. The van der Waals surface area contributed by atoms with E-state index in [1.807, 2.05) is 11.8 Å². The molecule has 6 nitrogen and oxygen atoms in total. The fourth-order valence-electron chi connectivity index (χ4n) is 3.87. The van der Waals surface area contributed by atoms with Crippen molar-refractivity contribution in [2.45, 2.75) is 38.8 Å². The normalized spacial score (nSPS) is 20.1. The number of halogens is 2. The van der Waals surface area contributed by atoms with Crippen LogP contribution in [0.3, 0.4) is 0 Å². The molecule has 1 aromatic carbocycles. The summed E-state index contributed by atoms with van der Waals surface area (Å²) < 4.78 is 29.4. The Morgan fingerprint density at radius 3 is 2.74 bits per heavy atom. The van der Waals surface area contributed by atoms with Crippen molar-refractivity contribution in [3.8, 4) is 0 Å². The van der Waals surface area contributed by atoms with E-state index in [1.165, 1.54) is 13.1 Å². The number of carbonyl (C=O) groups is 1. The van der Waals surface area contributed by atoms with Crippen LogP contribution < -0.4 is 15.6 Å². The highest BCUT2D eigenvalue weighted by Gasteiger charge is 2.30. The summed E-state index contributed by atoms with van der Waals surface area (Å²) in [5, 5.41) is 3.43. The van der Waals surface area contributed by atoms with Crippen LogP contribution in [0.15, 0.2) is 17.1 Å². The Kier molecular flexibility index (Phi) is 4.38. The lowest BCUT2D eigenvalue weighted by atomic mass is 10.0. The van der Waals surface area contributed by atoms with Gasteiger partial charge in [-0.05, 0) is 32.8 Å². The van der Waals surface area contributed by atoms with Crippen molar-refractivity contribution in [1.29, 1.82) is 0 Å². The molecular formula is C19H21F2N3O3. The molecule has 1 aromatic heterocycles. The van der Waals surface area contributed by atoms with Gasteiger partial charge in [-0.15, -0.1) is 0 Å². The first-order chi connectivity index (χ1) is 12.9. The van der Waals surface area contributed by atoms with Gasteiger partial charge in [-0.3, -0.25) is 4.79 Å². The summed E-state index contributed by atoms with van der Waals surface area (Å²) in [5.41, 5.74) is 0.0617. The highest BCUT2D eigenvalue weighted by Crippen LogP contribution is 2.39. The number of aryl methyl sites for hydroxylation is 1. The third kappa shape index (κ3) is 2.97. The monoisotopic (exact) mass is 377 g/mol. The molecule has 2 heterocycles. The third-order valence-electron chi connectivity index (χ3n) is 5.42. The summed E-state index contributed by atoms with van der Waals surface area (Å²) in [6.07, 6.45) is 3.11. The van der Waals surface area contributed by atoms with E-state index in [9.17, 15) is 14.1 Å². The summed E-state index contributed by atoms with van der Waals surface area (Å²) in [4.78, 5) is 29.7. The van der Waals surface area contributed by atoms with Gasteiger partial charge in [0.1, 0.15) is 11.4 Å². The second-order valence-corrected chi connectivity index (χ2v) is 7.40. The van der Waals surface area contributed by atoms with Crippen LogP contribution in [-0.4, -0.2) is 36.2 Å². The van der Waals surface area contributed by atoms with Crippen LogP contribution in [0.2, 0.25) is 0 Å². The van der Waals surface area contributed by atoms with Gasteiger partial charge in [-0.2, -0.15) is 0 Å². The number of aromatic nitrogens is 1. The predicted molar refractivity (Wildman–Crippen MR) is 97.4 cm³/mol. The number of pyridine rings is 1. The lowest BCUT2D eigenvalue weighted by molar-refractivity contribution is -0.0789. The lowest BCUT2D eigenvalue weighted by Crippen LogP contribution is -2.49. The van der Waals surface area contributed by atoms with E-state index in [0.29, 0.717) is 24.3 Å². The van der Waals surface area contributed by atoms with E-state index in [2.05, 4.69) is 10.3 Å². The molecular weight excluding hydrogens is 356 g/mol. The lowest BCUT2D eigenvalue weighted by Gasteiger charge is -2.34. The molecule has 0 radical (unpaired) electrons. The average molecular weight is 377 g/mol. The van der Waals surface area contributed by atoms with Gasteiger partial charge >= 0.3 is 5.97 Å². The van der Waals surface area contributed by atoms with E-state index in [4.69, 9.17) is 0 Å². The third-order valence-corrected chi connectivity index (χ3v) is 5.42. The fourth-order valence-corrected chi connectivity index (χ4v) is 3.87. The summed E-state index contributed by atoms with van der Waals surface area (Å²) in [6.45, 7) is 5.62. The SMILES string of the molecule is Cc1c(F)c(N2CCNC(C)C2)cc2c1c(=O)c(C(=O)OF)cn2C1CC1. The largest absolute Gasteiger partial charge is 0.384 e. The molecule has 2 aromatic rings. The summed E-state index contributed by atoms with van der Waals surface area (Å²) in [5.74, 6) is -1.84. The van der Waals surface area contributed by atoms with E-state index in [0.717, 1.165) is 19.4 Å². The predicted octanol–water partition coefficient (Wildman–Crippen LogP) is 2.62. The molecule has 2 fully saturated rings. The summed E-state index contributed by atoms with van der Waals surface area (Å²) in [6, 6.07) is 2.01. The molecule has 0 amide bonds. The zero-order chi connectivity index (χ0) is 19.3. The van der Waals surface area contributed by atoms with Gasteiger partial charge in [0.05, 0.1) is 16.6 Å². The number of hydrogen-bond donors (Lipinski definition) is 1. The molecule has 1 atom stereocenters. The van der Waals surface area contributed by atoms with Gasteiger partial charge in [0, 0.05) is 48.0 Å². The van der Waals surface area contributed by atoms with Gasteiger partial charge < -0.3 is 14.8 Å². The Morgan fingerprint density at radius 1 is 1.37 bits per heavy atom. The number of rotatable bonds is 3. The zero-order valence-electron chi connectivity index (χ0n) is 15.2. The molecule has 4 rings (SSSR count). The molecule has 144 valence electrons. The standard InChI is InChI=1S/C19H21F2N3O3/c1-10-8-23(6-5-22-10)15-7-14-16(11(2)17(15)20)18(25)13(19(26)27-21)9-24(14)12-3-4-12/h7,9-10,12,22H,3-6,8H2,1-2H3. The van der Waals surface area contributed by atoms with Crippen LogP contribution in [0.5, 0.6) is 0 Å².